The minimum atomic E-state index is -0.973. The predicted octanol–water partition coefficient (Wildman–Crippen LogP) is 1.92. The number of carboxylic acid groups (broad SMARTS) is 1. The van der Waals surface area contributed by atoms with E-state index in [0.29, 0.717) is 13.2 Å². The summed E-state index contributed by atoms with van der Waals surface area (Å²) in [6, 6.07) is 5.41. The van der Waals surface area contributed by atoms with Crippen LogP contribution in [-0.4, -0.2) is 47.7 Å². The first-order chi connectivity index (χ1) is 10.1. The van der Waals surface area contributed by atoms with Crippen molar-refractivity contribution in [3.8, 4) is 0 Å². The molecule has 1 aromatic carbocycles. The van der Waals surface area contributed by atoms with Crippen LogP contribution in [0.5, 0.6) is 0 Å². The van der Waals surface area contributed by atoms with Crippen molar-refractivity contribution in [2.75, 3.05) is 19.7 Å². The lowest BCUT2D eigenvalue weighted by Crippen LogP contribution is -2.38. The normalized spacial score (nSPS) is 17.7. The van der Waals surface area contributed by atoms with Crippen LogP contribution in [0.2, 0.25) is 0 Å². The van der Waals surface area contributed by atoms with Gasteiger partial charge in [-0.1, -0.05) is 6.07 Å². The summed E-state index contributed by atoms with van der Waals surface area (Å²) in [5.74, 6) is -1.83. The fourth-order valence-electron chi connectivity index (χ4n) is 2.34. The average Bonchev–Trinajstić information content (AvgIpc) is 2.95. The molecule has 1 atom stereocenters. The number of aliphatic carboxylic acids is 1. The summed E-state index contributed by atoms with van der Waals surface area (Å²) < 4.78 is 18.7. The van der Waals surface area contributed by atoms with E-state index in [4.69, 9.17) is 9.84 Å². The molecule has 21 heavy (non-hydrogen) atoms. The lowest BCUT2D eigenvalue weighted by atomic mass is 10.1. The average molecular weight is 295 g/mol. The van der Waals surface area contributed by atoms with Crippen LogP contribution < -0.4 is 0 Å². The molecule has 1 fully saturated rings. The second kappa shape index (κ2) is 7.17. The van der Waals surface area contributed by atoms with Crippen LogP contribution in [0.4, 0.5) is 4.39 Å². The van der Waals surface area contributed by atoms with Crippen LogP contribution in [0.25, 0.3) is 0 Å². The minimum absolute atomic E-state index is 0.0729. The third kappa shape index (κ3) is 4.53. The Morgan fingerprint density at radius 3 is 2.86 bits per heavy atom. The highest BCUT2D eigenvalue weighted by Crippen LogP contribution is 2.16. The van der Waals surface area contributed by atoms with Gasteiger partial charge in [-0.25, -0.2) is 4.39 Å². The summed E-state index contributed by atoms with van der Waals surface area (Å²) in [6.07, 6.45) is 1.57. The summed E-state index contributed by atoms with van der Waals surface area (Å²) in [7, 11) is 0. The van der Waals surface area contributed by atoms with Gasteiger partial charge in [0.15, 0.2) is 0 Å². The molecular weight excluding hydrogens is 277 g/mol. The van der Waals surface area contributed by atoms with E-state index >= 15 is 0 Å². The maximum Gasteiger partial charge on any atom is 0.305 e. The highest BCUT2D eigenvalue weighted by molar-refractivity contribution is 5.94. The van der Waals surface area contributed by atoms with E-state index in [1.807, 2.05) is 0 Å². The van der Waals surface area contributed by atoms with Crippen LogP contribution in [-0.2, 0) is 9.53 Å². The van der Waals surface area contributed by atoms with Gasteiger partial charge in [0.2, 0.25) is 0 Å². The number of carbonyl (C=O) groups is 2. The number of benzene rings is 1. The molecule has 1 aromatic rings. The van der Waals surface area contributed by atoms with E-state index in [-0.39, 0.29) is 30.5 Å². The van der Waals surface area contributed by atoms with E-state index in [0.717, 1.165) is 18.9 Å². The lowest BCUT2D eigenvalue weighted by molar-refractivity contribution is -0.137. The smallest absolute Gasteiger partial charge is 0.305 e. The number of hydrogen-bond donors (Lipinski definition) is 1. The molecule has 0 saturated carbocycles. The van der Waals surface area contributed by atoms with Crippen molar-refractivity contribution in [1.29, 1.82) is 0 Å². The Bertz CT molecular complexity index is 514. The number of hydrogen-bond acceptors (Lipinski definition) is 3. The molecule has 114 valence electrons. The number of ether oxygens (including phenoxy) is 1. The van der Waals surface area contributed by atoms with Crippen LogP contribution in [0.15, 0.2) is 24.3 Å². The van der Waals surface area contributed by atoms with Gasteiger partial charge in [-0.2, -0.15) is 0 Å². The standard InChI is InChI=1S/C15H18FNO4/c16-12-4-1-3-11(9-12)15(20)17(7-6-14(18)19)10-13-5-2-8-21-13/h1,3-4,9,13H,2,5-8,10H2,(H,18,19)/t13-/m0/s1. The van der Waals surface area contributed by atoms with E-state index in [1.54, 1.807) is 0 Å². The molecule has 0 bridgehead atoms. The summed E-state index contributed by atoms with van der Waals surface area (Å²) >= 11 is 0. The maximum atomic E-state index is 13.2. The molecule has 0 radical (unpaired) electrons. The van der Waals surface area contributed by atoms with Crippen molar-refractivity contribution >= 4 is 11.9 Å². The summed E-state index contributed by atoms with van der Waals surface area (Å²) in [4.78, 5) is 24.6. The summed E-state index contributed by atoms with van der Waals surface area (Å²) in [5.41, 5.74) is 0.221. The van der Waals surface area contributed by atoms with Gasteiger partial charge in [-0.15, -0.1) is 0 Å². The number of halogens is 1. The van der Waals surface area contributed by atoms with Gasteiger partial charge in [0.25, 0.3) is 5.91 Å². The van der Waals surface area contributed by atoms with Gasteiger partial charge >= 0.3 is 5.97 Å². The van der Waals surface area contributed by atoms with Gasteiger partial charge in [0, 0.05) is 25.3 Å². The van der Waals surface area contributed by atoms with E-state index in [9.17, 15) is 14.0 Å². The second-order valence-corrected chi connectivity index (χ2v) is 5.04. The summed E-state index contributed by atoms with van der Waals surface area (Å²) in [5, 5.41) is 8.79. The highest BCUT2D eigenvalue weighted by atomic mass is 19.1. The fraction of sp³-hybridized carbons (Fsp3) is 0.467. The Labute approximate surface area is 122 Å². The molecule has 2 rings (SSSR count). The third-order valence-electron chi connectivity index (χ3n) is 3.40. The molecule has 1 aliphatic heterocycles. The van der Waals surface area contributed by atoms with E-state index in [2.05, 4.69) is 0 Å². The van der Waals surface area contributed by atoms with Gasteiger partial charge in [-0.3, -0.25) is 9.59 Å². The van der Waals surface area contributed by atoms with E-state index in [1.165, 1.54) is 23.1 Å². The van der Waals surface area contributed by atoms with Crippen LogP contribution >= 0.6 is 0 Å². The topological polar surface area (TPSA) is 66.8 Å². The predicted molar refractivity (Wildman–Crippen MR) is 73.5 cm³/mol. The Morgan fingerprint density at radius 1 is 1.43 bits per heavy atom. The zero-order chi connectivity index (χ0) is 15.2. The highest BCUT2D eigenvalue weighted by Gasteiger charge is 2.24. The van der Waals surface area contributed by atoms with Gasteiger partial charge in [0.05, 0.1) is 12.5 Å². The molecule has 0 aromatic heterocycles. The molecule has 0 aliphatic carbocycles. The Kier molecular flexibility index (Phi) is 5.27. The number of nitrogens with zero attached hydrogens (tertiary/aromatic N) is 1. The number of carbonyl (C=O) groups excluding carboxylic acids is 1. The zero-order valence-corrected chi connectivity index (χ0v) is 11.6. The number of rotatable bonds is 6. The summed E-state index contributed by atoms with van der Waals surface area (Å²) in [6.45, 7) is 1.08. The van der Waals surface area contributed by atoms with Crippen molar-refractivity contribution in [3.05, 3.63) is 35.6 Å². The van der Waals surface area contributed by atoms with Crippen molar-refractivity contribution in [3.63, 3.8) is 0 Å². The van der Waals surface area contributed by atoms with Gasteiger partial charge < -0.3 is 14.7 Å². The van der Waals surface area contributed by atoms with Crippen LogP contribution in [0.1, 0.15) is 29.6 Å². The van der Waals surface area contributed by atoms with Crippen molar-refractivity contribution in [2.45, 2.75) is 25.4 Å². The molecule has 1 amide bonds. The molecule has 1 heterocycles. The Morgan fingerprint density at radius 2 is 2.24 bits per heavy atom. The number of amides is 1. The van der Waals surface area contributed by atoms with Crippen molar-refractivity contribution in [2.24, 2.45) is 0 Å². The first-order valence-electron chi connectivity index (χ1n) is 6.94. The van der Waals surface area contributed by atoms with Crippen LogP contribution in [0.3, 0.4) is 0 Å². The van der Waals surface area contributed by atoms with Gasteiger partial charge in [0.1, 0.15) is 5.82 Å². The van der Waals surface area contributed by atoms with Crippen molar-refractivity contribution in [1.82, 2.24) is 4.90 Å². The Balaban J connectivity index is 2.08. The lowest BCUT2D eigenvalue weighted by Gasteiger charge is -2.25. The molecule has 0 spiro atoms. The van der Waals surface area contributed by atoms with Crippen LogP contribution in [0, 0.1) is 5.82 Å². The molecule has 1 N–H and O–H groups in total. The Hall–Kier alpha value is -1.95. The molecule has 6 heteroatoms. The van der Waals surface area contributed by atoms with E-state index < -0.39 is 11.8 Å². The molecular formula is C15H18FNO4. The maximum absolute atomic E-state index is 13.2. The third-order valence-corrected chi connectivity index (χ3v) is 3.40. The first kappa shape index (κ1) is 15.4. The minimum Gasteiger partial charge on any atom is -0.481 e. The SMILES string of the molecule is O=C(O)CCN(C[C@@H]1CCCO1)C(=O)c1cccc(F)c1. The fourth-order valence-corrected chi connectivity index (χ4v) is 2.34. The monoisotopic (exact) mass is 295 g/mol. The first-order valence-corrected chi connectivity index (χ1v) is 6.94. The second-order valence-electron chi connectivity index (χ2n) is 5.04. The van der Waals surface area contributed by atoms with Crippen molar-refractivity contribution < 1.29 is 23.8 Å². The largest absolute Gasteiger partial charge is 0.481 e. The molecule has 5 nitrogen and oxygen atoms in total. The van der Waals surface area contributed by atoms with Gasteiger partial charge in [-0.05, 0) is 31.0 Å². The zero-order valence-electron chi connectivity index (χ0n) is 11.6. The molecule has 1 saturated heterocycles. The molecule has 0 unspecified atom stereocenters. The number of carboxylic acids is 1. The quantitative estimate of drug-likeness (QED) is 0.870. The molecule has 1 aliphatic rings.